The lowest BCUT2D eigenvalue weighted by molar-refractivity contribution is -0.115. The van der Waals surface area contributed by atoms with Crippen LogP contribution in [0.15, 0.2) is 23.1 Å². The molecule has 26 heavy (non-hydrogen) atoms. The molecule has 146 valence electrons. The number of anilines is 1. The zero-order valence-corrected chi connectivity index (χ0v) is 16.6. The topological polar surface area (TPSA) is 119 Å². The number of sulfone groups is 1. The normalized spacial score (nSPS) is 16.1. The number of carbonyl (C=O) groups excluding carboxylic acids is 1. The third kappa shape index (κ3) is 4.95. The molecule has 1 unspecified atom stereocenters. The molecule has 0 heterocycles. The van der Waals surface area contributed by atoms with E-state index in [-0.39, 0.29) is 28.1 Å². The first kappa shape index (κ1) is 20.7. The highest BCUT2D eigenvalue weighted by molar-refractivity contribution is 7.92. The number of hydrogen-bond donors (Lipinski definition) is 2. The van der Waals surface area contributed by atoms with Crippen LogP contribution in [0.2, 0.25) is 0 Å². The van der Waals surface area contributed by atoms with Gasteiger partial charge in [-0.05, 0) is 44.4 Å². The Morgan fingerprint density at radius 3 is 2.46 bits per heavy atom. The monoisotopic (exact) mass is 404 g/mol. The van der Waals surface area contributed by atoms with Gasteiger partial charge in [-0.3, -0.25) is 4.79 Å². The Kier molecular flexibility index (Phi) is 6.30. The average molecular weight is 405 g/mol. The molecule has 1 aromatic rings. The zero-order chi connectivity index (χ0) is 19.5. The number of ether oxygens (including phenoxy) is 1. The van der Waals surface area contributed by atoms with Crippen molar-refractivity contribution < 1.29 is 26.4 Å². The van der Waals surface area contributed by atoms with Gasteiger partial charge in [0.2, 0.25) is 15.9 Å². The summed E-state index contributed by atoms with van der Waals surface area (Å²) < 4.78 is 56.5. The molecule has 1 aliphatic carbocycles. The molecule has 0 aliphatic heterocycles. The summed E-state index contributed by atoms with van der Waals surface area (Å²) in [4.78, 5) is 12.3. The molecule has 8 nitrogen and oxygen atoms in total. The van der Waals surface area contributed by atoms with Gasteiger partial charge >= 0.3 is 0 Å². The van der Waals surface area contributed by atoms with Gasteiger partial charge in [0, 0.05) is 6.04 Å². The maximum absolute atomic E-state index is 12.3. The molecule has 2 rings (SSSR count). The minimum absolute atomic E-state index is 0.0235. The smallest absolute Gasteiger partial charge is 0.242 e. The van der Waals surface area contributed by atoms with E-state index in [9.17, 15) is 21.6 Å². The second-order valence-corrected chi connectivity index (χ2v) is 10.4. The molecule has 10 heteroatoms. The number of hydrogen-bond acceptors (Lipinski definition) is 6. The van der Waals surface area contributed by atoms with Gasteiger partial charge in [-0.25, -0.2) is 21.6 Å². The minimum Gasteiger partial charge on any atom is -0.495 e. The molecule has 1 fully saturated rings. The average Bonchev–Trinajstić information content (AvgIpc) is 3.37. The van der Waals surface area contributed by atoms with E-state index >= 15 is 0 Å². The molecule has 0 bridgehead atoms. The standard InChI is InChI=1S/C16H24N2O6S2/c1-4-9-25(20,21)11(2)16(19)17-14-10-13(7-8-15(14)24-3)26(22,23)18-12-5-6-12/h7-8,10-12,18H,4-6,9H2,1-3H3,(H,17,19). The van der Waals surface area contributed by atoms with E-state index in [1.165, 1.54) is 32.2 Å². The fourth-order valence-corrected chi connectivity index (χ4v) is 4.94. The molecule has 1 aromatic carbocycles. The van der Waals surface area contributed by atoms with Crippen LogP contribution in [0.5, 0.6) is 5.75 Å². The summed E-state index contributed by atoms with van der Waals surface area (Å²) in [5.41, 5.74) is 0.106. The first-order chi connectivity index (χ1) is 12.1. The SMILES string of the molecule is CCCS(=O)(=O)C(C)C(=O)Nc1cc(S(=O)(=O)NC2CC2)ccc1OC. The number of sulfonamides is 1. The molecule has 2 N–H and O–H groups in total. The van der Waals surface area contributed by atoms with Gasteiger partial charge in [0.25, 0.3) is 0 Å². The lowest BCUT2D eigenvalue weighted by atomic mass is 10.3. The van der Waals surface area contributed by atoms with Crippen LogP contribution in [0, 0.1) is 0 Å². The Morgan fingerprint density at radius 1 is 1.27 bits per heavy atom. The molecule has 0 saturated heterocycles. The van der Waals surface area contributed by atoms with Crippen LogP contribution in [-0.2, 0) is 24.7 Å². The molecule has 1 aliphatic rings. The van der Waals surface area contributed by atoms with Gasteiger partial charge < -0.3 is 10.1 Å². The largest absolute Gasteiger partial charge is 0.495 e. The number of nitrogens with one attached hydrogen (secondary N) is 2. The molecular formula is C16H24N2O6S2. The fourth-order valence-electron chi connectivity index (χ4n) is 2.30. The first-order valence-corrected chi connectivity index (χ1v) is 11.5. The van der Waals surface area contributed by atoms with E-state index in [4.69, 9.17) is 4.74 Å². The highest BCUT2D eigenvalue weighted by Gasteiger charge is 2.30. The first-order valence-electron chi connectivity index (χ1n) is 8.33. The van der Waals surface area contributed by atoms with Crippen molar-refractivity contribution in [1.29, 1.82) is 0 Å². The lowest BCUT2D eigenvalue weighted by Crippen LogP contribution is -2.34. The molecule has 0 aromatic heterocycles. The summed E-state index contributed by atoms with van der Waals surface area (Å²) in [5, 5.41) is 1.22. The molecule has 1 atom stereocenters. The predicted molar refractivity (Wildman–Crippen MR) is 98.5 cm³/mol. The van der Waals surface area contributed by atoms with E-state index in [0.29, 0.717) is 6.42 Å². The van der Waals surface area contributed by atoms with Crippen LogP contribution >= 0.6 is 0 Å². The summed E-state index contributed by atoms with van der Waals surface area (Å²) in [7, 11) is -5.92. The third-order valence-electron chi connectivity index (χ3n) is 4.03. The second kappa shape index (κ2) is 7.93. The number of carbonyl (C=O) groups is 1. The van der Waals surface area contributed by atoms with Crippen molar-refractivity contribution >= 4 is 31.5 Å². The Hall–Kier alpha value is -1.65. The van der Waals surface area contributed by atoms with Gasteiger partial charge in [0.05, 0.1) is 23.4 Å². The molecular weight excluding hydrogens is 380 g/mol. The lowest BCUT2D eigenvalue weighted by Gasteiger charge is -2.16. The summed E-state index contributed by atoms with van der Waals surface area (Å²) in [6, 6.07) is 4.00. The Bertz CT molecular complexity index is 876. The Balaban J connectivity index is 2.27. The van der Waals surface area contributed by atoms with Gasteiger partial charge in [0.15, 0.2) is 9.84 Å². The van der Waals surface area contributed by atoms with E-state index in [1.807, 2.05) is 0 Å². The van der Waals surface area contributed by atoms with Crippen molar-refractivity contribution in [1.82, 2.24) is 4.72 Å². The Labute approximate surface area is 154 Å². The van der Waals surface area contributed by atoms with Crippen molar-refractivity contribution in [3.8, 4) is 5.75 Å². The number of benzene rings is 1. The highest BCUT2D eigenvalue weighted by Crippen LogP contribution is 2.29. The van der Waals surface area contributed by atoms with Crippen LogP contribution in [0.1, 0.15) is 33.1 Å². The van der Waals surface area contributed by atoms with Crippen LogP contribution in [0.3, 0.4) is 0 Å². The van der Waals surface area contributed by atoms with E-state index in [0.717, 1.165) is 12.8 Å². The van der Waals surface area contributed by atoms with Crippen molar-refractivity contribution in [3.05, 3.63) is 18.2 Å². The second-order valence-electron chi connectivity index (χ2n) is 6.26. The summed E-state index contributed by atoms with van der Waals surface area (Å²) in [6.07, 6.45) is 2.00. The maximum atomic E-state index is 12.3. The third-order valence-corrected chi connectivity index (χ3v) is 7.82. The van der Waals surface area contributed by atoms with Gasteiger partial charge in [-0.1, -0.05) is 6.92 Å². The van der Waals surface area contributed by atoms with E-state index < -0.39 is 31.0 Å². The number of rotatable bonds is 9. The van der Waals surface area contributed by atoms with Gasteiger partial charge in [0.1, 0.15) is 11.0 Å². The van der Waals surface area contributed by atoms with Crippen LogP contribution in [-0.4, -0.2) is 46.9 Å². The number of methoxy groups -OCH3 is 1. The van der Waals surface area contributed by atoms with Crippen molar-refractivity contribution in [2.75, 3.05) is 18.2 Å². The quantitative estimate of drug-likeness (QED) is 0.640. The molecule has 1 saturated carbocycles. The highest BCUT2D eigenvalue weighted by atomic mass is 32.2. The predicted octanol–water partition coefficient (Wildman–Crippen LogP) is 1.29. The van der Waals surface area contributed by atoms with E-state index in [1.54, 1.807) is 6.92 Å². The molecule has 0 radical (unpaired) electrons. The van der Waals surface area contributed by atoms with Crippen molar-refractivity contribution in [3.63, 3.8) is 0 Å². The molecule has 0 spiro atoms. The summed E-state index contributed by atoms with van der Waals surface area (Å²) in [5.74, 6) is -0.594. The van der Waals surface area contributed by atoms with Crippen LogP contribution < -0.4 is 14.8 Å². The van der Waals surface area contributed by atoms with Crippen molar-refractivity contribution in [2.45, 2.75) is 49.3 Å². The van der Waals surface area contributed by atoms with E-state index in [2.05, 4.69) is 10.0 Å². The number of amides is 1. The van der Waals surface area contributed by atoms with Crippen molar-refractivity contribution in [2.24, 2.45) is 0 Å². The van der Waals surface area contributed by atoms with Gasteiger partial charge in [-0.2, -0.15) is 0 Å². The Morgan fingerprint density at radius 2 is 1.92 bits per heavy atom. The van der Waals surface area contributed by atoms with Crippen LogP contribution in [0.4, 0.5) is 5.69 Å². The zero-order valence-electron chi connectivity index (χ0n) is 15.0. The van der Waals surface area contributed by atoms with Crippen LogP contribution in [0.25, 0.3) is 0 Å². The summed E-state index contributed by atoms with van der Waals surface area (Å²) in [6.45, 7) is 3.02. The fraction of sp³-hybridized carbons (Fsp3) is 0.562. The summed E-state index contributed by atoms with van der Waals surface area (Å²) >= 11 is 0. The minimum atomic E-state index is -3.71. The maximum Gasteiger partial charge on any atom is 0.242 e. The van der Waals surface area contributed by atoms with Gasteiger partial charge in [-0.15, -0.1) is 0 Å². The molecule has 1 amide bonds.